The van der Waals surface area contributed by atoms with Crippen molar-refractivity contribution in [1.82, 2.24) is 9.97 Å². The number of hydrogen-bond acceptors (Lipinski definition) is 5. The van der Waals surface area contributed by atoms with E-state index in [0.717, 1.165) is 33.5 Å². The van der Waals surface area contributed by atoms with Gasteiger partial charge in [-0.25, -0.2) is 15.8 Å². The number of nitrogens with one attached hydrogen (secondary N) is 2. The summed E-state index contributed by atoms with van der Waals surface area (Å²) in [5.41, 5.74) is 4.37. The molecule has 2 rings (SSSR count). The number of halogens is 2. The number of rotatable bonds is 5. The van der Waals surface area contributed by atoms with Crippen molar-refractivity contribution in [1.29, 1.82) is 0 Å². The van der Waals surface area contributed by atoms with Crippen LogP contribution in [0.15, 0.2) is 24.5 Å². The van der Waals surface area contributed by atoms with Crippen LogP contribution in [-0.2, 0) is 6.42 Å². The maximum Gasteiger partial charge on any atom is 0.148 e. The van der Waals surface area contributed by atoms with Crippen molar-refractivity contribution < 1.29 is 0 Å². The first-order valence-electron chi connectivity index (χ1n) is 6.18. The number of benzene rings is 1. The van der Waals surface area contributed by atoms with Crippen LogP contribution in [-0.4, -0.2) is 9.97 Å². The summed E-state index contributed by atoms with van der Waals surface area (Å²) in [7, 11) is 0. The molecule has 106 valence electrons. The number of hydrogen-bond donors (Lipinski definition) is 3. The van der Waals surface area contributed by atoms with Crippen LogP contribution in [0.2, 0.25) is 5.02 Å². The van der Waals surface area contributed by atoms with Crippen molar-refractivity contribution in [2.75, 3.05) is 10.7 Å². The van der Waals surface area contributed by atoms with Gasteiger partial charge in [0.25, 0.3) is 0 Å². The third kappa shape index (κ3) is 3.50. The molecule has 0 amide bonds. The second-order valence-electron chi connectivity index (χ2n) is 4.19. The molecule has 20 heavy (non-hydrogen) atoms. The van der Waals surface area contributed by atoms with Gasteiger partial charge in [-0.3, -0.25) is 0 Å². The Hall–Kier alpha value is -1.12. The Morgan fingerprint density at radius 3 is 2.70 bits per heavy atom. The molecule has 0 radical (unpaired) electrons. The standard InChI is InChI=1S/C13H15ClIN5/c1-2-3-9-12(17-7-18-13(9)20-16)19-11-5-4-8(15)6-10(11)14/h4-7H,2-3,16H2,1H3,(H2,17,18,19,20). The van der Waals surface area contributed by atoms with Gasteiger partial charge in [0, 0.05) is 9.13 Å². The lowest BCUT2D eigenvalue weighted by Gasteiger charge is -2.14. The minimum absolute atomic E-state index is 0.631. The smallest absolute Gasteiger partial charge is 0.148 e. The van der Waals surface area contributed by atoms with Crippen molar-refractivity contribution in [2.45, 2.75) is 19.8 Å². The Bertz CT molecular complexity index is 605. The van der Waals surface area contributed by atoms with E-state index in [1.165, 1.54) is 6.33 Å². The van der Waals surface area contributed by atoms with Gasteiger partial charge in [-0.05, 0) is 47.2 Å². The highest BCUT2D eigenvalue weighted by Gasteiger charge is 2.11. The lowest BCUT2D eigenvalue weighted by molar-refractivity contribution is 0.903. The lowest BCUT2D eigenvalue weighted by Crippen LogP contribution is -2.13. The first-order chi connectivity index (χ1) is 9.65. The minimum Gasteiger partial charge on any atom is -0.339 e. The summed E-state index contributed by atoms with van der Waals surface area (Å²) in [5, 5.41) is 3.90. The SMILES string of the molecule is CCCc1c(NN)ncnc1Nc1ccc(I)cc1Cl. The molecule has 0 aliphatic carbocycles. The second-order valence-corrected chi connectivity index (χ2v) is 5.85. The van der Waals surface area contributed by atoms with E-state index in [4.69, 9.17) is 17.4 Å². The van der Waals surface area contributed by atoms with Gasteiger partial charge in [-0.2, -0.15) is 0 Å². The summed E-state index contributed by atoms with van der Waals surface area (Å²) < 4.78 is 1.08. The minimum atomic E-state index is 0.631. The maximum absolute atomic E-state index is 6.23. The molecule has 0 unspecified atom stereocenters. The predicted molar refractivity (Wildman–Crippen MR) is 91.3 cm³/mol. The van der Waals surface area contributed by atoms with Crippen LogP contribution in [0.25, 0.3) is 0 Å². The fraction of sp³-hybridized carbons (Fsp3) is 0.231. The molecule has 0 bridgehead atoms. The van der Waals surface area contributed by atoms with Gasteiger partial charge in [-0.15, -0.1) is 0 Å². The number of aromatic nitrogens is 2. The van der Waals surface area contributed by atoms with Crippen LogP contribution in [0.5, 0.6) is 0 Å². The zero-order chi connectivity index (χ0) is 14.5. The number of nitrogens with two attached hydrogens (primary N) is 1. The molecule has 1 heterocycles. The number of anilines is 3. The van der Waals surface area contributed by atoms with Crippen molar-refractivity contribution in [3.8, 4) is 0 Å². The topological polar surface area (TPSA) is 75.9 Å². The number of nitrogens with zero attached hydrogens (tertiary/aromatic N) is 2. The van der Waals surface area contributed by atoms with E-state index in [1.54, 1.807) is 0 Å². The monoisotopic (exact) mass is 403 g/mol. The van der Waals surface area contributed by atoms with E-state index >= 15 is 0 Å². The molecule has 0 aliphatic heterocycles. The molecule has 0 spiro atoms. The lowest BCUT2D eigenvalue weighted by atomic mass is 10.1. The molecule has 0 saturated carbocycles. The maximum atomic E-state index is 6.23. The molecule has 1 aromatic carbocycles. The predicted octanol–water partition coefficient (Wildman–Crippen LogP) is 3.72. The molecule has 7 heteroatoms. The highest BCUT2D eigenvalue weighted by Crippen LogP contribution is 2.29. The normalized spacial score (nSPS) is 10.4. The molecule has 0 saturated heterocycles. The Labute approximate surface area is 136 Å². The molecule has 0 atom stereocenters. The average molecular weight is 404 g/mol. The second kappa shape index (κ2) is 7.05. The van der Waals surface area contributed by atoms with Crippen molar-refractivity contribution in [3.05, 3.63) is 38.7 Å². The summed E-state index contributed by atoms with van der Waals surface area (Å²) in [6, 6.07) is 5.81. The average Bonchev–Trinajstić information content (AvgIpc) is 2.43. The van der Waals surface area contributed by atoms with Crippen LogP contribution in [0.4, 0.5) is 17.3 Å². The largest absolute Gasteiger partial charge is 0.339 e. The van der Waals surface area contributed by atoms with Crippen LogP contribution >= 0.6 is 34.2 Å². The Morgan fingerprint density at radius 2 is 2.05 bits per heavy atom. The molecule has 0 fully saturated rings. The first kappa shape index (κ1) is 15.3. The number of hydrazine groups is 1. The van der Waals surface area contributed by atoms with Gasteiger partial charge in [-0.1, -0.05) is 24.9 Å². The van der Waals surface area contributed by atoms with E-state index in [-0.39, 0.29) is 0 Å². The van der Waals surface area contributed by atoms with Gasteiger partial charge in [0.05, 0.1) is 10.7 Å². The summed E-state index contributed by atoms with van der Waals surface area (Å²) in [5.74, 6) is 6.85. The van der Waals surface area contributed by atoms with Crippen LogP contribution < -0.4 is 16.6 Å². The van der Waals surface area contributed by atoms with Crippen LogP contribution in [0.3, 0.4) is 0 Å². The van der Waals surface area contributed by atoms with Gasteiger partial charge in [0.15, 0.2) is 0 Å². The van der Waals surface area contributed by atoms with Gasteiger partial charge >= 0.3 is 0 Å². The number of nitrogen functional groups attached to an aromatic ring is 1. The Balaban J connectivity index is 2.37. The summed E-state index contributed by atoms with van der Waals surface area (Å²) in [6.45, 7) is 2.09. The van der Waals surface area contributed by atoms with Crippen molar-refractivity contribution >= 4 is 51.5 Å². The van der Waals surface area contributed by atoms with Crippen LogP contribution in [0, 0.1) is 3.57 Å². The molecule has 2 aromatic rings. The van der Waals surface area contributed by atoms with E-state index < -0.39 is 0 Å². The fourth-order valence-electron chi connectivity index (χ4n) is 1.85. The third-order valence-corrected chi connectivity index (χ3v) is 3.75. The Kier molecular flexibility index (Phi) is 5.38. The van der Waals surface area contributed by atoms with E-state index in [1.807, 2.05) is 18.2 Å². The molecule has 5 nitrogen and oxygen atoms in total. The fourth-order valence-corrected chi connectivity index (χ4v) is 2.75. The molecule has 4 N–H and O–H groups in total. The van der Waals surface area contributed by atoms with E-state index in [0.29, 0.717) is 10.8 Å². The van der Waals surface area contributed by atoms with Crippen LogP contribution in [0.1, 0.15) is 18.9 Å². The van der Waals surface area contributed by atoms with Gasteiger partial charge < -0.3 is 10.7 Å². The van der Waals surface area contributed by atoms with Gasteiger partial charge in [0.2, 0.25) is 0 Å². The molecule has 1 aromatic heterocycles. The zero-order valence-electron chi connectivity index (χ0n) is 11.0. The summed E-state index contributed by atoms with van der Waals surface area (Å²) in [6.07, 6.45) is 3.26. The van der Waals surface area contributed by atoms with E-state index in [9.17, 15) is 0 Å². The molecule has 0 aliphatic rings. The quantitative estimate of drug-likeness (QED) is 0.403. The highest BCUT2D eigenvalue weighted by atomic mass is 127. The van der Waals surface area contributed by atoms with Crippen molar-refractivity contribution in [2.24, 2.45) is 5.84 Å². The van der Waals surface area contributed by atoms with E-state index in [2.05, 4.69) is 50.2 Å². The zero-order valence-corrected chi connectivity index (χ0v) is 13.9. The first-order valence-corrected chi connectivity index (χ1v) is 7.64. The third-order valence-electron chi connectivity index (χ3n) is 2.77. The molecular weight excluding hydrogens is 389 g/mol. The summed E-state index contributed by atoms with van der Waals surface area (Å²) >= 11 is 8.45. The van der Waals surface area contributed by atoms with Crippen molar-refractivity contribution in [3.63, 3.8) is 0 Å². The molecular formula is C13H15ClIN5. The Morgan fingerprint density at radius 1 is 1.30 bits per heavy atom. The summed E-state index contributed by atoms with van der Waals surface area (Å²) in [4.78, 5) is 8.42. The van der Waals surface area contributed by atoms with Gasteiger partial charge in [0.1, 0.15) is 18.0 Å². The highest BCUT2D eigenvalue weighted by molar-refractivity contribution is 14.1.